The zero-order valence-corrected chi connectivity index (χ0v) is 13.3. The molecule has 1 aromatic carbocycles. The zero-order chi connectivity index (χ0) is 16.6. The highest BCUT2D eigenvalue weighted by Crippen LogP contribution is 2.17. The van der Waals surface area contributed by atoms with Crippen molar-refractivity contribution >= 4 is 33.3 Å². The van der Waals surface area contributed by atoms with Crippen molar-refractivity contribution in [3.8, 4) is 0 Å². The van der Waals surface area contributed by atoms with Crippen LogP contribution >= 0.6 is 11.3 Å². The van der Waals surface area contributed by atoms with Crippen molar-refractivity contribution in [1.29, 1.82) is 0 Å². The molecule has 0 aliphatic rings. The molecule has 0 aliphatic carbocycles. The highest BCUT2D eigenvalue weighted by molar-refractivity contribution is 7.15. The highest BCUT2D eigenvalue weighted by Gasteiger charge is 2.17. The van der Waals surface area contributed by atoms with Crippen molar-refractivity contribution in [2.24, 2.45) is 0 Å². The molecule has 1 amide bonds. The molecular weight excluding hydrogens is 319 g/mol. The van der Waals surface area contributed by atoms with Crippen LogP contribution in [-0.2, 0) is 6.54 Å². The quantitative estimate of drug-likeness (QED) is 0.800. The molecule has 3 aromatic rings. The molecule has 6 nitrogen and oxygen atoms in total. The third-order valence-electron chi connectivity index (χ3n) is 3.37. The Balaban J connectivity index is 2.11. The molecule has 118 valence electrons. The summed E-state index contributed by atoms with van der Waals surface area (Å²) in [7, 11) is 0. The summed E-state index contributed by atoms with van der Waals surface area (Å²) in [4.78, 5) is 24.9. The summed E-state index contributed by atoms with van der Waals surface area (Å²) in [5.74, 6) is -1.10. The third kappa shape index (κ3) is 2.85. The molecule has 1 N–H and O–H groups in total. The second kappa shape index (κ2) is 5.88. The Morgan fingerprint density at radius 2 is 2.17 bits per heavy atom. The minimum atomic E-state index is -0.584. The molecule has 0 spiro atoms. The lowest BCUT2D eigenvalue weighted by atomic mass is 10.1. The number of pyridine rings is 1. The minimum Gasteiger partial charge on any atom is -0.347 e. The first-order valence-electron chi connectivity index (χ1n) is 6.93. The Kier molecular flexibility index (Phi) is 3.91. The van der Waals surface area contributed by atoms with Crippen LogP contribution in [0.1, 0.15) is 22.3 Å². The fourth-order valence-corrected chi connectivity index (χ4v) is 2.89. The lowest BCUT2D eigenvalue weighted by Crippen LogP contribution is -2.24. The van der Waals surface area contributed by atoms with E-state index in [1.54, 1.807) is 11.5 Å². The van der Waals surface area contributed by atoms with Gasteiger partial charge in [-0.25, -0.2) is 4.39 Å². The van der Waals surface area contributed by atoms with Crippen molar-refractivity contribution in [2.45, 2.75) is 20.4 Å². The number of carbonyl (C=O) groups is 1. The van der Waals surface area contributed by atoms with Crippen molar-refractivity contribution in [1.82, 2.24) is 14.8 Å². The number of rotatable bonds is 3. The van der Waals surface area contributed by atoms with Crippen LogP contribution in [0.4, 0.5) is 9.52 Å². The van der Waals surface area contributed by atoms with Crippen LogP contribution in [0.2, 0.25) is 0 Å². The number of aryl methyl sites for hydroxylation is 2. The Morgan fingerprint density at radius 1 is 1.39 bits per heavy atom. The number of hydrogen-bond acceptors (Lipinski definition) is 5. The Hall–Kier alpha value is -2.61. The molecule has 0 unspecified atom stereocenters. The average molecular weight is 332 g/mol. The summed E-state index contributed by atoms with van der Waals surface area (Å²) >= 11 is 1.21. The topological polar surface area (TPSA) is 76.9 Å². The number of benzene rings is 1. The van der Waals surface area contributed by atoms with Gasteiger partial charge in [0.1, 0.15) is 16.4 Å². The van der Waals surface area contributed by atoms with Crippen LogP contribution < -0.4 is 10.7 Å². The monoisotopic (exact) mass is 332 g/mol. The second-order valence-electron chi connectivity index (χ2n) is 4.90. The van der Waals surface area contributed by atoms with E-state index < -0.39 is 17.2 Å². The number of fused-ring (bicyclic) bond motifs is 1. The maximum atomic E-state index is 13.5. The van der Waals surface area contributed by atoms with Gasteiger partial charge in [-0.3, -0.25) is 14.9 Å². The summed E-state index contributed by atoms with van der Waals surface area (Å²) < 4.78 is 15.2. The first-order valence-corrected chi connectivity index (χ1v) is 7.75. The van der Waals surface area contributed by atoms with E-state index in [2.05, 4.69) is 15.5 Å². The smallest absolute Gasteiger partial charge is 0.262 e. The van der Waals surface area contributed by atoms with E-state index in [9.17, 15) is 14.0 Å². The number of amides is 1. The van der Waals surface area contributed by atoms with Gasteiger partial charge in [0.2, 0.25) is 10.6 Å². The maximum Gasteiger partial charge on any atom is 0.262 e. The van der Waals surface area contributed by atoms with E-state index >= 15 is 0 Å². The summed E-state index contributed by atoms with van der Waals surface area (Å²) in [6, 6.07) is 3.97. The minimum absolute atomic E-state index is 0.0576. The molecule has 0 fully saturated rings. The number of aromatic nitrogens is 3. The average Bonchev–Trinajstić information content (AvgIpc) is 2.93. The van der Waals surface area contributed by atoms with E-state index in [0.717, 1.165) is 6.07 Å². The van der Waals surface area contributed by atoms with Crippen LogP contribution in [0.5, 0.6) is 0 Å². The van der Waals surface area contributed by atoms with Crippen LogP contribution in [0.25, 0.3) is 10.9 Å². The van der Waals surface area contributed by atoms with Crippen molar-refractivity contribution in [3.05, 3.63) is 51.0 Å². The second-order valence-corrected chi connectivity index (χ2v) is 6.08. The molecule has 3 rings (SSSR count). The first-order chi connectivity index (χ1) is 11.0. The largest absolute Gasteiger partial charge is 0.347 e. The number of carbonyl (C=O) groups excluding carboxylic acids is 1. The summed E-state index contributed by atoms with van der Waals surface area (Å²) in [6.07, 6.45) is 1.48. The molecule has 0 aliphatic heterocycles. The van der Waals surface area contributed by atoms with Gasteiger partial charge in [-0.1, -0.05) is 11.3 Å². The number of nitrogens with zero attached hydrogens (tertiary/aromatic N) is 3. The standard InChI is InChI=1S/C15H13FN4O2S/c1-3-20-7-11(14(22)17-15-19-18-8(2)23-15)13(21)10-6-9(16)4-5-12(10)20/h4-7H,3H2,1-2H3,(H,17,19,22). The van der Waals surface area contributed by atoms with Crippen LogP contribution in [-0.4, -0.2) is 20.7 Å². The van der Waals surface area contributed by atoms with E-state index in [4.69, 9.17) is 0 Å². The Bertz CT molecular complexity index is 964. The van der Waals surface area contributed by atoms with Gasteiger partial charge in [0.15, 0.2) is 0 Å². The number of hydrogen-bond donors (Lipinski definition) is 1. The van der Waals surface area contributed by atoms with Crippen molar-refractivity contribution in [2.75, 3.05) is 5.32 Å². The predicted octanol–water partition coefficient (Wildman–Crippen LogP) is 2.57. The van der Waals surface area contributed by atoms with Gasteiger partial charge in [0, 0.05) is 18.1 Å². The third-order valence-corrected chi connectivity index (χ3v) is 4.13. The summed E-state index contributed by atoms with van der Waals surface area (Å²) in [6.45, 7) is 4.18. The number of nitrogens with one attached hydrogen (secondary N) is 1. The van der Waals surface area contributed by atoms with Gasteiger partial charge >= 0.3 is 0 Å². The van der Waals surface area contributed by atoms with Gasteiger partial charge < -0.3 is 4.57 Å². The Morgan fingerprint density at radius 3 is 2.83 bits per heavy atom. The lowest BCUT2D eigenvalue weighted by Gasteiger charge is -2.11. The molecule has 0 radical (unpaired) electrons. The normalized spacial score (nSPS) is 10.9. The molecule has 0 atom stereocenters. The summed E-state index contributed by atoms with van der Waals surface area (Å²) in [5, 5.41) is 11.3. The van der Waals surface area contributed by atoms with Gasteiger partial charge in [0.05, 0.1) is 5.52 Å². The van der Waals surface area contributed by atoms with Crippen LogP contribution in [0.3, 0.4) is 0 Å². The van der Waals surface area contributed by atoms with Gasteiger partial charge in [-0.15, -0.1) is 10.2 Å². The fourth-order valence-electron chi connectivity index (χ4n) is 2.30. The van der Waals surface area contributed by atoms with Gasteiger partial charge in [0.25, 0.3) is 5.91 Å². The summed E-state index contributed by atoms with van der Waals surface area (Å²) in [5.41, 5.74) is 0.0166. The lowest BCUT2D eigenvalue weighted by molar-refractivity contribution is 0.102. The highest BCUT2D eigenvalue weighted by atomic mass is 32.1. The molecule has 2 aromatic heterocycles. The van der Waals surface area contributed by atoms with E-state index in [1.165, 1.54) is 29.7 Å². The van der Waals surface area contributed by atoms with E-state index in [-0.39, 0.29) is 10.9 Å². The van der Waals surface area contributed by atoms with Crippen molar-refractivity contribution in [3.63, 3.8) is 0 Å². The van der Waals surface area contributed by atoms with Crippen LogP contribution in [0.15, 0.2) is 29.2 Å². The van der Waals surface area contributed by atoms with E-state index in [1.807, 2.05) is 6.92 Å². The molecule has 0 bridgehead atoms. The Labute approximate surface area is 134 Å². The molecule has 23 heavy (non-hydrogen) atoms. The molecule has 0 saturated heterocycles. The SMILES string of the molecule is CCn1cc(C(=O)Nc2nnc(C)s2)c(=O)c2cc(F)ccc21. The first kappa shape index (κ1) is 15.3. The number of halogens is 1. The maximum absolute atomic E-state index is 13.5. The van der Waals surface area contributed by atoms with E-state index in [0.29, 0.717) is 22.2 Å². The van der Waals surface area contributed by atoms with Crippen LogP contribution in [0, 0.1) is 12.7 Å². The molecule has 0 saturated carbocycles. The fraction of sp³-hybridized carbons (Fsp3) is 0.200. The van der Waals surface area contributed by atoms with Crippen molar-refractivity contribution < 1.29 is 9.18 Å². The predicted molar refractivity (Wildman–Crippen MR) is 86.4 cm³/mol. The number of anilines is 1. The molecule has 8 heteroatoms. The van der Waals surface area contributed by atoms with Gasteiger partial charge in [-0.2, -0.15) is 0 Å². The van der Waals surface area contributed by atoms with Gasteiger partial charge in [-0.05, 0) is 32.0 Å². The molecular formula is C15H13FN4O2S. The molecule has 2 heterocycles. The zero-order valence-electron chi connectivity index (χ0n) is 12.5.